The maximum atomic E-state index is 10.3. The molecule has 1 amide bonds. The van der Waals surface area contributed by atoms with Gasteiger partial charge < -0.3 is 15.7 Å². The predicted molar refractivity (Wildman–Crippen MR) is 39.5 cm³/mol. The molecule has 11 heavy (non-hydrogen) atoms. The van der Waals surface area contributed by atoms with E-state index in [0.717, 1.165) is 13.1 Å². The first-order chi connectivity index (χ1) is 5.23. The van der Waals surface area contributed by atoms with Crippen molar-refractivity contribution in [2.75, 3.05) is 13.1 Å². The molecule has 1 atom stereocenters. The maximum Gasteiger partial charge on any atom is 0.404 e. The van der Waals surface area contributed by atoms with Gasteiger partial charge in [-0.3, -0.25) is 0 Å². The van der Waals surface area contributed by atoms with Crippen molar-refractivity contribution in [2.24, 2.45) is 5.41 Å². The van der Waals surface area contributed by atoms with Crippen molar-refractivity contribution in [1.29, 1.82) is 0 Å². The van der Waals surface area contributed by atoms with Gasteiger partial charge in [-0.1, -0.05) is 0 Å². The Morgan fingerprint density at radius 3 is 2.91 bits per heavy atom. The average molecular weight is 156 g/mol. The summed E-state index contributed by atoms with van der Waals surface area (Å²) in [5, 5.41) is 14.2. The van der Waals surface area contributed by atoms with Crippen molar-refractivity contribution >= 4 is 6.09 Å². The SMILES string of the molecule is O=C(O)NC1CNCC12CC2. The Balaban J connectivity index is 1.97. The zero-order chi connectivity index (χ0) is 7.90. The first kappa shape index (κ1) is 6.91. The molecule has 1 saturated heterocycles. The van der Waals surface area contributed by atoms with Crippen LogP contribution >= 0.6 is 0 Å². The summed E-state index contributed by atoms with van der Waals surface area (Å²) >= 11 is 0. The summed E-state index contributed by atoms with van der Waals surface area (Å²) in [5.74, 6) is 0. The molecule has 2 aliphatic rings. The fraction of sp³-hybridized carbons (Fsp3) is 0.857. The fourth-order valence-corrected chi connectivity index (χ4v) is 1.84. The van der Waals surface area contributed by atoms with Gasteiger partial charge in [0.15, 0.2) is 0 Å². The van der Waals surface area contributed by atoms with Crippen LogP contribution < -0.4 is 10.6 Å². The molecule has 2 rings (SSSR count). The summed E-state index contributed by atoms with van der Waals surface area (Å²) in [6.45, 7) is 1.78. The average Bonchev–Trinajstić information content (AvgIpc) is 2.56. The Morgan fingerprint density at radius 2 is 2.36 bits per heavy atom. The Kier molecular flexibility index (Phi) is 1.32. The van der Waals surface area contributed by atoms with E-state index >= 15 is 0 Å². The van der Waals surface area contributed by atoms with Gasteiger partial charge in [0.2, 0.25) is 0 Å². The van der Waals surface area contributed by atoms with Gasteiger partial charge >= 0.3 is 6.09 Å². The van der Waals surface area contributed by atoms with Gasteiger partial charge in [-0.2, -0.15) is 0 Å². The smallest absolute Gasteiger partial charge is 0.404 e. The Labute approximate surface area is 65.0 Å². The van der Waals surface area contributed by atoms with Crippen LogP contribution in [-0.2, 0) is 0 Å². The predicted octanol–water partition coefficient (Wildman–Crippen LogP) is 0.00600. The van der Waals surface area contributed by atoms with Gasteiger partial charge in [-0.15, -0.1) is 0 Å². The van der Waals surface area contributed by atoms with Gasteiger partial charge in [0.25, 0.3) is 0 Å². The van der Waals surface area contributed by atoms with Crippen molar-refractivity contribution in [3.05, 3.63) is 0 Å². The second-order valence-electron chi connectivity index (χ2n) is 3.50. The molecule has 1 aliphatic carbocycles. The van der Waals surface area contributed by atoms with Crippen LogP contribution in [0.2, 0.25) is 0 Å². The van der Waals surface area contributed by atoms with Crippen LogP contribution in [0.15, 0.2) is 0 Å². The topological polar surface area (TPSA) is 61.4 Å². The van der Waals surface area contributed by atoms with Crippen LogP contribution in [0.1, 0.15) is 12.8 Å². The fourth-order valence-electron chi connectivity index (χ4n) is 1.84. The van der Waals surface area contributed by atoms with Gasteiger partial charge in [0.1, 0.15) is 0 Å². The van der Waals surface area contributed by atoms with Crippen LogP contribution in [0.3, 0.4) is 0 Å². The summed E-state index contributed by atoms with van der Waals surface area (Å²) in [4.78, 5) is 10.3. The van der Waals surface area contributed by atoms with E-state index in [2.05, 4.69) is 10.6 Å². The molecular weight excluding hydrogens is 144 g/mol. The third-order valence-electron chi connectivity index (χ3n) is 2.75. The van der Waals surface area contributed by atoms with Crippen LogP contribution in [0.4, 0.5) is 4.79 Å². The van der Waals surface area contributed by atoms with Crippen molar-refractivity contribution < 1.29 is 9.90 Å². The summed E-state index contributed by atoms with van der Waals surface area (Å²) in [7, 11) is 0. The molecule has 0 bridgehead atoms. The molecule has 0 aromatic rings. The molecule has 1 heterocycles. The van der Waals surface area contributed by atoms with Crippen LogP contribution in [0, 0.1) is 5.41 Å². The molecule has 1 unspecified atom stereocenters. The molecule has 0 aromatic heterocycles. The Morgan fingerprint density at radius 1 is 1.64 bits per heavy atom. The van der Waals surface area contributed by atoms with Crippen molar-refractivity contribution in [3.63, 3.8) is 0 Å². The lowest BCUT2D eigenvalue weighted by Crippen LogP contribution is -2.40. The Bertz CT molecular complexity index is 189. The number of carbonyl (C=O) groups is 1. The third-order valence-corrected chi connectivity index (χ3v) is 2.75. The highest BCUT2D eigenvalue weighted by Gasteiger charge is 2.52. The van der Waals surface area contributed by atoms with E-state index in [1.807, 2.05) is 0 Å². The lowest BCUT2D eigenvalue weighted by molar-refractivity contribution is 0.186. The van der Waals surface area contributed by atoms with Gasteiger partial charge in [0, 0.05) is 18.5 Å². The zero-order valence-electron chi connectivity index (χ0n) is 6.26. The number of hydrogen-bond donors (Lipinski definition) is 3. The first-order valence-corrected chi connectivity index (χ1v) is 3.93. The summed E-state index contributed by atoms with van der Waals surface area (Å²) < 4.78 is 0. The van der Waals surface area contributed by atoms with E-state index < -0.39 is 6.09 Å². The quantitative estimate of drug-likeness (QED) is 0.501. The van der Waals surface area contributed by atoms with Gasteiger partial charge in [0.05, 0.1) is 6.04 Å². The first-order valence-electron chi connectivity index (χ1n) is 3.93. The van der Waals surface area contributed by atoms with Crippen molar-refractivity contribution in [2.45, 2.75) is 18.9 Å². The number of nitrogens with one attached hydrogen (secondary N) is 2. The highest BCUT2D eigenvalue weighted by molar-refractivity contribution is 5.65. The van der Waals surface area contributed by atoms with Crippen molar-refractivity contribution in [3.8, 4) is 0 Å². The Hall–Kier alpha value is -0.770. The molecule has 0 radical (unpaired) electrons. The number of carboxylic acid groups (broad SMARTS) is 1. The van der Waals surface area contributed by atoms with E-state index in [-0.39, 0.29) is 6.04 Å². The lowest BCUT2D eigenvalue weighted by Gasteiger charge is -2.15. The minimum atomic E-state index is -0.898. The number of amides is 1. The van der Waals surface area contributed by atoms with Crippen molar-refractivity contribution in [1.82, 2.24) is 10.6 Å². The molecule has 3 N–H and O–H groups in total. The second-order valence-corrected chi connectivity index (χ2v) is 3.50. The maximum absolute atomic E-state index is 10.3. The van der Waals surface area contributed by atoms with Crippen LogP contribution in [-0.4, -0.2) is 30.3 Å². The normalized spacial score (nSPS) is 32.2. The highest BCUT2D eigenvalue weighted by atomic mass is 16.4. The standard InChI is InChI=1S/C7H12N2O2/c10-6(11)9-5-3-8-4-7(5)1-2-7/h5,8-9H,1-4H2,(H,10,11). The van der Waals surface area contributed by atoms with E-state index in [1.165, 1.54) is 12.8 Å². The molecular formula is C7H12N2O2. The third kappa shape index (κ3) is 1.07. The van der Waals surface area contributed by atoms with Gasteiger partial charge in [-0.05, 0) is 12.8 Å². The van der Waals surface area contributed by atoms with E-state index in [4.69, 9.17) is 5.11 Å². The van der Waals surface area contributed by atoms with Crippen LogP contribution in [0.25, 0.3) is 0 Å². The summed E-state index contributed by atoms with van der Waals surface area (Å²) in [6, 6.07) is 0.153. The molecule has 4 heteroatoms. The molecule has 0 aromatic carbocycles. The highest BCUT2D eigenvalue weighted by Crippen LogP contribution is 2.50. The second kappa shape index (κ2) is 2.11. The lowest BCUT2D eigenvalue weighted by atomic mass is 10.0. The number of rotatable bonds is 1. The molecule has 1 spiro atoms. The van der Waals surface area contributed by atoms with E-state index in [9.17, 15) is 4.79 Å². The minimum absolute atomic E-state index is 0.153. The summed E-state index contributed by atoms with van der Waals surface area (Å²) in [5.41, 5.74) is 0.290. The van der Waals surface area contributed by atoms with Crippen LogP contribution in [0.5, 0.6) is 0 Å². The van der Waals surface area contributed by atoms with Gasteiger partial charge in [-0.25, -0.2) is 4.79 Å². The summed E-state index contributed by atoms with van der Waals surface area (Å²) in [6.07, 6.45) is 1.44. The zero-order valence-corrected chi connectivity index (χ0v) is 6.26. The number of hydrogen-bond acceptors (Lipinski definition) is 2. The monoisotopic (exact) mass is 156 g/mol. The molecule has 1 saturated carbocycles. The minimum Gasteiger partial charge on any atom is -0.465 e. The molecule has 62 valence electrons. The molecule has 4 nitrogen and oxygen atoms in total. The largest absolute Gasteiger partial charge is 0.465 e. The van der Waals surface area contributed by atoms with E-state index in [1.54, 1.807) is 0 Å². The molecule has 2 fully saturated rings. The molecule has 1 aliphatic heterocycles. The van der Waals surface area contributed by atoms with E-state index in [0.29, 0.717) is 5.41 Å².